The average molecular weight is 463 g/mol. The number of benzene rings is 3. The van der Waals surface area contributed by atoms with Crippen LogP contribution < -0.4 is 0 Å². The van der Waals surface area contributed by atoms with Crippen molar-refractivity contribution in [2.45, 2.75) is 77.0 Å². The van der Waals surface area contributed by atoms with E-state index >= 15 is 0 Å². The van der Waals surface area contributed by atoms with Crippen LogP contribution in [0.5, 0.6) is 0 Å². The lowest BCUT2D eigenvalue weighted by Crippen LogP contribution is -2.12. The minimum Gasteiger partial charge on any atom is -0.204 e. The molecule has 0 spiro atoms. The van der Waals surface area contributed by atoms with E-state index in [9.17, 15) is 13.2 Å². The Balaban J connectivity index is 1.30. The summed E-state index contributed by atoms with van der Waals surface area (Å²) in [4.78, 5) is 0. The third-order valence-electron chi connectivity index (χ3n) is 7.14. The van der Waals surface area contributed by atoms with Crippen LogP contribution in [0, 0.1) is 35.2 Å². The van der Waals surface area contributed by atoms with E-state index in [1.807, 2.05) is 0 Å². The highest BCUT2D eigenvalue weighted by Crippen LogP contribution is 2.35. The van der Waals surface area contributed by atoms with E-state index in [-0.39, 0.29) is 5.39 Å². The highest BCUT2D eigenvalue weighted by molar-refractivity contribution is 5.84. The minimum atomic E-state index is -1.43. The van der Waals surface area contributed by atoms with Gasteiger partial charge in [-0.2, -0.15) is 0 Å². The second-order valence-corrected chi connectivity index (χ2v) is 9.65. The molecule has 0 N–H and O–H groups in total. The van der Waals surface area contributed by atoms with Crippen molar-refractivity contribution < 1.29 is 13.2 Å². The Morgan fingerprint density at radius 2 is 1.53 bits per heavy atom. The van der Waals surface area contributed by atoms with Gasteiger partial charge in [0.25, 0.3) is 0 Å². The van der Waals surface area contributed by atoms with Crippen molar-refractivity contribution in [2.75, 3.05) is 0 Å². The lowest BCUT2D eigenvalue weighted by atomic mass is 9.78. The van der Waals surface area contributed by atoms with Crippen LogP contribution in [0.25, 0.3) is 10.8 Å². The highest BCUT2D eigenvalue weighted by atomic mass is 19.2. The Kier molecular flexibility index (Phi) is 8.33. The summed E-state index contributed by atoms with van der Waals surface area (Å²) >= 11 is 0. The standard InChI is InChI=1S/C31H33F3/c1-2-3-4-5-6-7-22-10-15-25(16-11-22)26-17-12-23(13-18-26)8-9-24-14-19-28-27(20-24)21-29(32)31(34)30(28)33/h10-11,14-16,19-21,23,26H,2-7,12-13,17-18H2,1H3. The van der Waals surface area contributed by atoms with Crippen molar-refractivity contribution in [1.29, 1.82) is 0 Å². The summed E-state index contributed by atoms with van der Waals surface area (Å²) in [5, 5.41) is 0.406. The molecular weight excluding hydrogens is 429 g/mol. The van der Waals surface area contributed by atoms with E-state index < -0.39 is 17.5 Å². The maximum Gasteiger partial charge on any atom is 0.195 e. The van der Waals surface area contributed by atoms with E-state index in [0.29, 0.717) is 22.8 Å². The van der Waals surface area contributed by atoms with Crippen molar-refractivity contribution in [3.05, 3.63) is 82.7 Å². The topological polar surface area (TPSA) is 0 Å². The molecule has 1 aliphatic carbocycles. The molecule has 3 aromatic rings. The van der Waals surface area contributed by atoms with Crippen LogP contribution in [0.2, 0.25) is 0 Å². The first-order valence-electron chi connectivity index (χ1n) is 12.7. The third-order valence-corrected chi connectivity index (χ3v) is 7.14. The molecule has 1 aliphatic rings. The van der Waals surface area contributed by atoms with Gasteiger partial charge in [0.05, 0.1) is 0 Å². The van der Waals surface area contributed by atoms with E-state index in [1.54, 1.807) is 12.1 Å². The molecule has 0 atom stereocenters. The number of rotatable bonds is 7. The monoisotopic (exact) mass is 462 g/mol. The van der Waals surface area contributed by atoms with Gasteiger partial charge in [-0.15, -0.1) is 0 Å². The molecular formula is C31H33F3. The molecule has 3 aromatic carbocycles. The molecule has 0 unspecified atom stereocenters. The Hall–Kier alpha value is -2.73. The number of halogens is 3. The fraction of sp³-hybridized carbons (Fsp3) is 0.419. The van der Waals surface area contributed by atoms with Crippen LogP contribution in [0.1, 0.15) is 87.3 Å². The van der Waals surface area contributed by atoms with Gasteiger partial charge in [-0.05, 0) is 79.2 Å². The van der Waals surface area contributed by atoms with Gasteiger partial charge < -0.3 is 0 Å². The Labute approximate surface area is 201 Å². The van der Waals surface area contributed by atoms with E-state index in [1.165, 1.54) is 55.7 Å². The molecule has 178 valence electrons. The second-order valence-electron chi connectivity index (χ2n) is 9.65. The maximum absolute atomic E-state index is 13.9. The molecule has 1 fully saturated rings. The van der Waals surface area contributed by atoms with Gasteiger partial charge >= 0.3 is 0 Å². The summed E-state index contributed by atoms with van der Waals surface area (Å²) in [6, 6.07) is 15.0. The van der Waals surface area contributed by atoms with Crippen molar-refractivity contribution in [1.82, 2.24) is 0 Å². The summed E-state index contributed by atoms with van der Waals surface area (Å²) in [5.41, 5.74) is 3.58. The predicted molar refractivity (Wildman–Crippen MR) is 134 cm³/mol. The normalized spacial score (nSPS) is 18.0. The van der Waals surface area contributed by atoms with E-state index in [0.717, 1.165) is 31.7 Å². The van der Waals surface area contributed by atoms with Crippen molar-refractivity contribution in [2.24, 2.45) is 5.92 Å². The van der Waals surface area contributed by atoms with Gasteiger partial charge in [0.2, 0.25) is 0 Å². The predicted octanol–water partition coefficient (Wildman–Crippen LogP) is 9.10. The lowest BCUT2D eigenvalue weighted by Gasteiger charge is -2.26. The fourth-order valence-electron chi connectivity index (χ4n) is 5.03. The molecule has 0 saturated heterocycles. The van der Waals surface area contributed by atoms with Crippen LogP contribution in [0.15, 0.2) is 48.5 Å². The number of hydrogen-bond acceptors (Lipinski definition) is 0. The number of fused-ring (bicyclic) bond motifs is 1. The van der Waals surface area contributed by atoms with E-state index in [2.05, 4.69) is 43.0 Å². The molecule has 0 bridgehead atoms. The van der Waals surface area contributed by atoms with Crippen LogP contribution >= 0.6 is 0 Å². The number of unbranched alkanes of at least 4 members (excludes halogenated alkanes) is 4. The fourth-order valence-corrected chi connectivity index (χ4v) is 5.03. The minimum absolute atomic E-state index is 0.0764. The summed E-state index contributed by atoms with van der Waals surface area (Å²) in [6.07, 6.45) is 12.1. The van der Waals surface area contributed by atoms with Crippen LogP contribution in [-0.4, -0.2) is 0 Å². The molecule has 0 heterocycles. The quantitative estimate of drug-likeness (QED) is 0.187. The Morgan fingerprint density at radius 3 is 2.26 bits per heavy atom. The zero-order valence-electron chi connectivity index (χ0n) is 20.0. The van der Waals surface area contributed by atoms with Crippen molar-refractivity contribution >= 4 is 10.8 Å². The largest absolute Gasteiger partial charge is 0.204 e. The molecule has 0 aliphatic heterocycles. The van der Waals surface area contributed by atoms with Gasteiger partial charge in [0.1, 0.15) is 0 Å². The zero-order chi connectivity index (χ0) is 23.9. The van der Waals surface area contributed by atoms with Gasteiger partial charge in [0, 0.05) is 16.9 Å². The summed E-state index contributed by atoms with van der Waals surface area (Å²) < 4.78 is 40.9. The molecule has 0 aromatic heterocycles. The van der Waals surface area contributed by atoms with E-state index in [4.69, 9.17) is 0 Å². The van der Waals surface area contributed by atoms with Gasteiger partial charge in [-0.3, -0.25) is 0 Å². The summed E-state index contributed by atoms with van der Waals surface area (Å²) in [5.74, 6) is 3.69. The lowest BCUT2D eigenvalue weighted by molar-refractivity contribution is 0.384. The van der Waals surface area contributed by atoms with Gasteiger partial charge in [-0.25, -0.2) is 13.2 Å². The molecule has 0 nitrogen and oxygen atoms in total. The molecule has 0 amide bonds. The first-order valence-corrected chi connectivity index (χ1v) is 12.7. The molecule has 0 radical (unpaired) electrons. The van der Waals surface area contributed by atoms with Crippen molar-refractivity contribution in [3.8, 4) is 11.8 Å². The van der Waals surface area contributed by atoms with Gasteiger partial charge in [0.15, 0.2) is 17.5 Å². The Bertz CT molecular complexity index is 1160. The summed E-state index contributed by atoms with van der Waals surface area (Å²) in [7, 11) is 0. The average Bonchev–Trinajstić information content (AvgIpc) is 2.86. The zero-order valence-corrected chi connectivity index (χ0v) is 20.0. The Morgan fingerprint density at radius 1 is 0.794 bits per heavy atom. The first kappa shape index (κ1) is 24.4. The number of hydrogen-bond donors (Lipinski definition) is 0. The SMILES string of the molecule is CCCCCCCc1ccc(C2CCC(C#Cc3ccc4c(F)c(F)c(F)cc4c3)CC2)cc1. The summed E-state index contributed by atoms with van der Waals surface area (Å²) in [6.45, 7) is 2.25. The smallest absolute Gasteiger partial charge is 0.195 e. The van der Waals surface area contributed by atoms with Crippen LogP contribution in [0.4, 0.5) is 13.2 Å². The van der Waals surface area contributed by atoms with Gasteiger partial charge in [-0.1, -0.05) is 74.8 Å². The second kappa shape index (κ2) is 11.6. The van der Waals surface area contributed by atoms with Crippen LogP contribution in [-0.2, 0) is 6.42 Å². The number of aryl methyl sites for hydroxylation is 1. The van der Waals surface area contributed by atoms with Crippen molar-refractivity contribution in [3.63, 3.8) is 0 Å². The maximum atomic E-state index is 13.9. The molecule has 4 rings (SSSR count). The third kappa shape index (κ3) is 6.03. The van der Waals surface area contributed by atoms with Crippen LogP contribution in [0.3, 0.4) is 0 Å². The molecule has 3 heteroatoms. The highest BCUT2D eigenvalue weighted by Gasteiger charge is 2.21. The molecule has 1 saturated carbocycles. The molecule has 34 heavy (non-hydrogen) atoms. The first-order chi connectivity index (χ1) is 16.5.